The van der Waals surface area contributed by atoms with Crippen LogP contribution in [0.4, 0.5) is 0 Å². The first kappa shape index (κ1) is 29.2. The zero-order valence-electron chi connectivity index (χ0n) is 26.5. The molecule has 0 spiro atoms. The second-order valence-corrected chi connectivity index (χ2v) is 20.9. The fourth-order valence-corrected chi connectivity index (χ4v) is 16.5. The van der Waals surface area contributed by atoms with Crippen LogP contribution in [0.2, 0.25) is 13.1 Å². The molecular weight excluding hydrogens is 642 g/mol. The van der Waals surface area contributed by atoms with Gasteiger partial charge in [0.05, 0.1) is 0 Å². The van der Waals surface area contributed by atoms with Crippen LogP contribution in [-0.2, 0) is 4.57 Å². The van der Waals surface area contributed by atoms with Crippen LogP contribution in [0.3, 0.4) is 0 Å². The zero-order chi connectivity index (χ0) is 32.5. The lowest BCUT2D eigenvalue weighted by Gasteiger charge is -2.38. The van der Waals surface area contributed by atoms with Crippen molar-refractivity contribution in [2.24, 2.45) is 0 Å². The van der Waals surface area contributed by atoms with Gasteiger partial charge in [0.2, 0.25) is 0 Å². The number of hydrogen-bond acceptors (Lipinski definition) is 5. The topological polar surface area (TPSA) is 55.7 Å². The van der Waals surface area contributed by atoms with Gasteiger partial charge < -0.3 is 4.57 Å². The first-order valence-corrected chi connectivity index (χ1v) is 21.6. The molecule has 0 amide bonds. The van der Waals surface area contributed by atoms with Crippen LogP contribution in [0.25, 0.3) is 54.3 Å². The molecule has 6 aromatic carbocycles. The van der Waals surface area contributed by atoms with Gasteiger partial charge in [0.15, 0.2) is 24.6 Å². The molecule has 0 saturated heterocycles. The SMILES string of the molecule is C[Si]1(C)c2ccccc2P(=O)(c2ccccc2)c2cc3c(cc21)sc1ccc(-c2nc(-c4ccccc4)nc(-c4ccccc4)n2)cc13. The van der Waals surface area contributed by atoms with Crippen LogP contribution < -0.4 is 26.3 Å². The standard InChI is InChI=1S/C41H30N3OPSSi/c1-48(2)37-21-13-12-20-33(37)46(45,30-18-10-5-11-19-30)34-25-32-31-24-29(22-23-35(31)47-36(32)26-38(34)48)41-43-39(27-14-6-3-7-15-27)42-40(44-41)28-16-8-4-9-17-28/h3-26H,1-2H3. The minimum Gasteiger partial charge on any atom is -0.309 e. The summed E-state index contributed by atoms with van der Waals surface area (Å²) in [4.78, 5) is 14.9. The molecule has 1 unspecified atom stereocenters. The number of fused-ring (bicyclic) bond motifs is 5. The highest BCUT2D eigenvalue weighted by Crippen LogP contribution is 2.46. The highest BCUT2D eigenvalue weighted by molar-refractivity contribution is 7.87. The van der Waals surface area contributed by atoms with Crippen LogP contribution >= 0.6 is 18.5 Å². The predicted molar refractivity (Wildman–Crippen MR) is 205 cm³/mol. The minimum absolute atomic E-state index is 0.624. The van der Waals surface area contributed by atoms with Gasteiger partial charge in [-0.25, -0.2) is 15.0 Å². The fourth-order valence-electron chi connectivity index (χ4n) is 7.12. The average Bonchev–Trinajstić information content (AvgIpc) is 3.51. The van der Waals surface area contributed by atoms with Gasteiger partial charge in [0.1, 0.15) is 8.07 Å². The summed E-state index contributed by atoms with van der Waals surface area (Å²) in [6.07, 6.45) is 0. The van der Waals surface area contributed by atoms with E-state index in [2.05, 4.69) is 61.6 Å². The second-order valence-electron chi connectivity index (χ2n) is 12.8. The smallest absolute Gasteiger partial charge is 0.170 e. The van der Waals surface area contributed by atoms with Crippen molar-refractivity contribution in [2.45, 2.75) is 13.1 Å². The Labute approximate surface area is 284 Å². The molecule has 0 fully saturated rings. The lowest BCUT2D eigenvalue weighted by Crippen LogP contribution is -2.67. The Hall–Kier alpha value is -5.00. The third kappa shape index (κ3) is 4.48. The van der Waals surface area contributed by atoms with Crippen LogP contribution in [0.5, 0.6) is 0 Å². The van der Waals surface area contributed by atoms with E-state index in [1.807, 2.05) is 97.1 Å². The molecule has 2 aromatic heterocycles. The van der Waals surface area contributed by atoms with E-state index < -0.39 is 15.2 Å². The minimum atomic E-state index is -3.13. The van der Waals surface area contributed by atoms with Crippen LogP contribution in [0.15, 0.2) is 146 Å². The molecule has 48 heavy (non-hydrogen) atoms. The monoisotopic (exact) mass is 671 g/mol. The molecule has 7 heteroatoms. The molecule has 0 bridgehead atoms. The number of thiophene rings is 1. The van der Waals surface area contributed by atoms with Crippen molar-refractivity contribution in [2.75, 3.05) is 0 Å². The fraction of sp³-hybridized carbons (Fsp3) is 0.0488. The van der Waals surface area contributed by atoms with Gasteiger partial charge in [-0.15, -0.1) is 11.3 Å². The Kier molecular flexibility index (Phi) is 6.70. The van der Waals surface area contributed by atoms with E-state index in [4.69, 9.17) is 15.0 Å². The van der Waals surface area contributed by atoms with E-state index in [-0.39, 0.29) is 0 Å². The van der Waals surface area contributed by atoms with Gasteiger partial charge in [0, 0.05) is 52.8 Å². The number of nitrogens with zero attached hydrogens (tertiary/aromatic N) is 3. The molecule has 1 atom stereocenters. The lowest BCUT2D eigenvalue weighted by atomic mass is 10.1. The van der Waals surface area contributed by atoms with Gasteiger partial charge in [-0.05, 0) is 40.7 Å². The van der Waals surface area contributed by atoms with E-state index >= 15 is 4.57 Å². The van der Waals surface area contributed by atoms with Crippen molar-refractivity contribution in [3.8, 4) is 34.2 Å². The molecular formula is C41H30N3OPSSi. The molecule has 1 aliphatic heterocycles. The van der Waals surface area contributed by atoms with E-state index in [1.165, 1.54) is 19.8 Å². The first-order chi connectivity index (χ1) is 23.4. The third-order valence-electron chi connectivity index (χ3n) is 9.59. The molecule has 9 rings (SSSR count). The highest BCUT2D eigenvalue weighted by atomic mass is 32.1. The lowest BCUT2D eigenvalue weighted by molar-refractivity contribution is 0.592. The number of benzene rings is 6. The van der Waals surface area contributed by atoms with Crippen molar-refractivity contribution in [1.29, 1.82) is 0 Å². The summed E-state index contributed by atoms with van der Waals surface area (Å²) < 4.78 is 18.1. The Balaban J connectivity index is 1.28. The maximum atomic E-state index is 15.7. The van der Waals surface area contributed by atoms with Crippen LogP contribution in [-0.4, -0.2) is 23.0 Å². The van der Waals surface area contributed by atoms with Gasteiger partial charge in [0.25, 0.3) is 0 Å². The maximum Gasteiger partial charge on any atom is 0.170 e. The second kappa shape index (κ2) is 11.0. The van der Waals surface area contributed by atoms with Gasteiger partial charge in [-0.3, -0.25) is 0 Å². The number of hydrogen-bond donors (Lipinski definition) is 0. The van der Waals surface area contributed by atoms with Crippen molar-refractivity contribution < 1.29 is 4.57 Å². The maximum absolute atomic E-state index is 15.7. The Morgan fingerprint density at radius 1 is 0.500 bits per heavy atom. The summed E-state index contributed by atoms with van der Waals surface area (Å²) in [5.74, 6) is 1.90. The summed E-state index contributed by atoms with van der Waals surface area (Å²) in [5, 5.41) is 7.64. The van der Waals surface area contributed by atoms with Gasteiger partial charge >= 0.3 is 0 Å². The molecule has 0 N–H and O–H groups in total. The van der Waals surface area contributed by atoms with Gasteiger partial charge in [-0.1, -0.05) is 128 Å². The molecule has 3 heterocycles. The Morgan fingerprint density at radius 3 is 1.69 bits per heavy atom. The van der Waals surface area contributed by atoms with Crippen molar-refractivity contribution in [1.82, 2.24) is 15.0 Å². The van der Waals surface area contributed by atoms with Gasteiger partial charge in [-0.2, -0.15) is 0 Å². The summed E-state index contributed by atoms with van der Waals surface area (Å²) in [7, 11) is -5.28. The summed E-state index contributed by atoms with van der Waals surface area (Å²) in [5.41, 5.74) is 2.80. The Bertz CT molecular complexity index is 2510. The summed E-state index contributed by atoms with van der Waals surface area (Å²) in [6.45, 7) is 4.79. The summed E-state index contributed by atoms with van der Waals surface area (Å²) in [6, 6.07) is 49.7. The molecule has 230 valence electrons. The largest absolute Gasteiger partial charge is 0.309 e. The van der Waals surface area contributed by atoms with Crippen molar-refractivity contribution >= 4 is 73.0 Å². The molecule has 0 aliphatic carbocycles. The van der Waals surface area contributed by atoms with E-state index in [0.29, 0.717) is 17.5 Å². The zero-order valence-corrected chi connectivity index (χ0v) is 29.2. The molecule has 8 aromatic rings. The van der Waals surface area contributed by atoms with E-state index in [1.54, 1.807) is 11.3 Å². The first-order valence-electron chi connectivity index (χ1n) is 16.1. The van der Waals surface area contributed by atoms with E-state index in [9.17, 15) is 0 Å². The van der Waals surface area contributed by atoms with Crippen molar-refractivity contribution in [3.63, 3.8) is 0 Å². The number of aromatic nitrogens is 3. The third-order valence-corrected chi connectivity index (χ3v) is 17.8. The molecule has 0 radical (unpaired) electrons. The summed E-state index contributed by atoms with van der Waals surface area (Å²) >= 11 is 1.80. The Morgan fingerprint density at radius 2 is 1.04 bits per heavy atom. The van der Waals surface area contributed by atoms with Crippen LogP contribution in [0, 0.1) is 0 Å². The normalized spacial score (nSPS) is 16.5. The molecule has 1 aliphatic rings. The average molecular weight is 672 g/mol. The molecule has 4 nitrogen and oxygen atoms in total. The number of rotatable bonds is 4. The van der Waals surface area contributed by atoms with Crippen molar-refractivity contribution in [3.05, 3.63) is 146 Å². The predicted octanol–water partition coefficient (Wildman–Crippen LogP) is 8.02. The highest BCUT2D eigenvalue weighted by Gasteiger charge is 2.46. The quantitative estimate of drug-likeness (QED) is 0.141. The van der Waals surface area contributed by atoms with Crippen LogP contribution in [0.1, 0.15) is 0 Å². The molecule has 0 saturated carbocycles. The van der Waals surface area contributed by atoms with E-state index in [0.717, 1.165) is 43.4 Å².